The van der Waals surface area contributed by atoms with Gasteiger partial charge in [-0.15, -0.1) is 0 Å². The van der Waals surface area contributed by atoms with Crippen molar-refractivity contribution in [3.05, 3.63) is 46.8 Å². The lowest BCUT2D eigenvalue weighted by Crippen LogP contribution is -2.32. The second kappa shape index (κ2) is 8.70. The Morgan fingerprint density at radius 2 is 1.85 bits per heavy atom. The summed E-state index contributed by atoms with van der Waals surface area (Å²) in [5, 5.41) is 16.1. The van der Waals surface area contributed by atoms with Crippen LogP contribution in [0, 0.1) is 19.8 Å². The fraction of sp³-hybridized carbons (Fsp3) is 0.450. The minimum atomic E-state index is -1.02. The van der Waals surface area contributed by atoms with Crippen LogP contribution < -0.4 is 10.1 Å². The predicted molar refractivity (Wildman–Crippen MR) is 102 cm³/mol. The van der Waals surface area contributed by atoms with Crippen molar-refractivity contribution in [2.24, 2.45) is 13.0 Å². The van der Waals surface area contributed by atoms with Crippen LogP contribution in [0.2, 0.25) is 0 Å². The Morgan fingerprint density at radius 3 is 2.37 bits per heavy atom. The third kappa shape index (κ3) is 5.32. The predicted octanol–water partition coefficient (Wildman–Crippen LogP) is 2.56. The third-order valence-electron chi connectivity index (χ3n) is 4.72. The van der Waals surface area contributed by atoms with Crippen LogP contribution in [0.25, 0.3) is 0 Å². The van der Waals surface area contributed by atoms with E-state index < -0.39 is 5.97 Å². The second-order valence-electron chi connectivity index (χ2n) is 6.86. The Morgan fingerprint density at radius 1 is 1.22 bits per heavy atom. The summed E-state index contributed by atoms with van der Waals surface area (Å²) in [6, 6.07) is 6.88. The van der Waals surface area contributed by atoms with E-state index in [0.29, 0.717) is 12.2 Å². The molecule has 1 aromatic heterocycles. The van der Waals surface area contributed by atoms with Crippen molar-refractivity contribution in [1.29, 1.82) is 0 Å². The van der Waals surface area contributed by atoms with E-state index in [0.717, 1.165) is 22.5 Å². The molecule has 1 amide bonds. The number of hydrogen-bond donors (Lipinski definition) is 2. The smallest absolute Gasteiger partial charge is 0.341 e. The largest absolute Gasteiger partial charge is 0.482 e. The number of aliphatic carboxylic acids is 1. The Hall–Kier alpha value is -2.83. The van der Waals surface area contributed by atoms with E-state index in [9.17, 15) is 9.59 Å². The number of carboxylic acid groups (broad SMARTS) is 1. The number of hydrogen-bond acceptors (Lipinski definition) is 4. The third-order valence-corrected chi connectivity index (χ3v) is 4.72. The molecule has 2 N–H and O–H groups in total. The molecule has 7 heteroatoms. The van der Waals surface area contributed by atoms with Crippen molar-refractivity contribution in [1.82, 2.24) is 15.1 Å². The van der Waals surface area contributed by atoms with Gasteiger partial charge in [0.05, 0.1) is 11.7 Å². The molecule has 2 rings (SSSR count). The molecule has 146 valence electrons. The zero-order chi connectivity index (χ0) is 20.1. The lowest BCUT2D eigenvalue weighted by atomic mass is 9.98. The first-order valence-electron chi connectivity index (χ1n) is 8.93. The topological polar surface area (TPSA) is 93.5 Å². The van der Waals surface area contributed by atoms with Gasteiger partial charge in [-0.3, -0.25) is 9.48 Å². The van der Waals surface area contributed by atoms with E-state index in [1.165, 1.54) is 0 Å². The molecule has 0 radical (unpaired) electrons. The van der Waals surface area contributed by atoms with Crippen LogP contribution in [0.3, 0.4) is 0 Å². The number of ether oxygens (including phenoxy) is 1. The molecule has 0 aliphatic rings. The SMILES string of the molecule is Cc1nn(C)c(C)c1CC(C)C(=O)NC(C)c1ccc(OCC(=O)O)cc1. The molecule has 0 saturated heterocycles. The first-order chi connectivity index (χ1) is 12.7. The minimum absolute atomic E-state index is 0.0173. The summed E-state index contributed by atoms with van der Waals surface area (Å²) in [6.07, 6.45) is 0.645. The molecule has 1 heterocycles. The van der Waals surface area contributed by atoms with Crippen LogP contribution in [-0.4, -0.2) is 33.4 Å². The minimum Gasteiger partial charge on any atom is -0.482 e. The van der Waals surface area contributed by atoms with Crippen molar-refractivity contribution in [3.8, 4) is 5.75 Å². The number of carbonyl (C=O) groups excluding carboxylic acids is 1. The van der Waals surface area contributed by atoms with Gasteiger partial charge in [-0.2, -0.15) is 5.10 Å². The number of carboxylic acids is 1. The molecule has 27 heavy (non-hydrogen) atoms. The number of rotatable bonds is 8. The summed E-state index contributed by atoms with van der Waals surface area (Å²) < 4.78 is 6.96. The molecule has 2 aromatic rings. The normalized spacial score (nSPS) is 13.1. The van der Waals surface area contributed by atoms with Gasteiger partial charge in [-0.25, -0.2) is 4.79 Å². The van der Waals surface area contributed by atoms with Gasteiger partial charge < -0.3 is 15.2 Å². The molecule has 0 bridgehead atoms. The summed E-state index contributed by atoms with van der Waals surface area (Å²) in [5.74, 6) is -0.730. The molecule has 0 aliphatic carbocycles. The standard InChI is InChI=1S/C20H27N3O4/c1-12(10-18-14(3)22-23(5)15(18)4)20(26)21-13(2)16-6-8-17(9-7-16)27-11-19(24)25/h6-9,12-13H,10-11H2,1-5H3,(H,21,26)(H,24,25). The molecule has 0 aliphatic heterocycles. The summed E-state index contributed by atoms with van der Waals surface area (Å²) in [5.41, 5.74) is 4.08. The summed E-state index contributed by atoms with van der Waals surface area (Å²) in [4.78, 5) is 23.1. The maximum Gasteiger partial charge on any atom is 0.341 e. The Bertz CT molecular complexity index is 811. The molecule has 0 saturated carbocycles. The zero-order valence-corrected chi connectivity index (χ0v) is 16.4. The average Bonchev–Trinajstić information content (AvgIpc) is 2.86. The fourth-order valence-electron chi connectivity index (χ4n) is 2.95. The van der Waals surface area contributed by atoms with Gasteiger partial charge >= 0.3 is 5.97 Å². The Labute approximate surface area is 159 Å². The van der Waals surface area contributed by atoms with Crippen molar-refractivity contribution in [2.45, 2.75) is 40.2 Å². The number of carbonyl (C=O) groups is 2. The highest BCUT2D eigenvalue weighted by Crippen LogP contribution is 2.20. The van der Waals surface area contributed by atoms with Crippen LogP contribution in [-0.2, 0) is 23.1 Å². The molecule has 1 aromatic carbocycles. The quantitative estimate of drug-likeness (QED) is 0.742. The fourth-order valence-corrected chi connectivity index (χ4v) is 2.95. The van der Waals surface area contributed by atoms with Crippen LogP contribution in [0.4, 0.5) is 0 Å². The lowest BCUT2D eigenvalue weighted by Gasteiger charge is -2.18. The molecule has 0 fully saturated rings. The number of benzene rings is 1. The van der Waals surface area contributed by atoms with E-state index >= 15 is 0 Å². The summed E-state index contributed by atoms with van der Waals surface area (Å²) in [6.45, 7) is 7.42. The molecular weight excluding hydrogens is 346 g/mol. The first-order valence-corrected chi connectivity index (χ1v) is 8.93. The van der Waals surface area contributed by atoms with Gasteiger partial charge in [0, 0.05) is 18.7 Å². The van der Waals surface area contributed by atoms with Crippen molar-refractivity contribution < 1.29 is 19.4 Å². The molecule has 2 unspecified atom stereocenters. The van der Waals surface area contributed by atoms with Crippen LogP contribution in [0.5, 0.6) is 5.75 Å². The van der Waals surface area contributed by atoms with Crippen molar-refractivity contribution >= 4 is 11.9 Å². The molecule has 7 nitrogen and oxygen atoms in total. The van der Waals surface area contributed by atoms with E-state index in [1.807, 2.05) is 51.6 Å². The van der Waals surface area contributed by atoms with Gasteiger partial charge in [-0.05, 0) is 50.5 Å². The monoisotopic (exact) mass is 373 g/mol. The van der Waals surface area contributed by atoms with Gasteiger partial charge in [0.1, 0.15) is 5.75 Å². The van der Waals surface area contributed by atoms with Gasteiger partial charge in [0.25, 0.3) is 0 Å². The highest BCUT2D eigenvalue weighted by Gasteiger charge is 2.20. The van der Waals surface area contributed by atoms with Gasteiger partial charge in [-0.1, -0.05) is 19.1 Å². The Balaban J connectivity index is 1.95. The maximum absolute atomic E-state index is 12.6. The van der Waals surface area contributed by atoms with Crippen molar-refractivity contribution in [3.63, 3.8) is 0 Å². The summed E-state index contributed by atoms with van der Waals surface area (Å²) >= 11 is 0. The Kier molecular flexibility index (Phi) is 6.60. The van der Waals surface area contributed by atoms with E-state index in [4.69, 9.17) is 9.84 Å². The number of nitrogens with zero attached hydrogens (tertiary/aromatic N) is 2. The number of nitrogens with one attached hydrogen (secondary N) is 1. The first kappa shape index (κ1) is 20.5. The summed E-state index contributed by atoms with van der Waals surface area (Å²) in [7, 11) is 1.91. The van der Waals surface area contributed by atoms with Gasteiger partial charge in [0.2, 0.25) is 5.91 Å². The van der Waals surface area contributed by atoms with E-state index in [2.05, 4.69) is 10.4 Å². The average molecular weight is 373 g/mol. The second-order valence-corrected chi connectivity index (χ2v) is 6.86. The number of aromatic nitrogens is 2. The number of aryl methyl sites for hydroxylation is 2. The van der Waals surface area contributed by atoms with E-state index in [1.54, 1.807) is 12.1 Å². The maximum atomic E-state index is 12.6. The lowest BCUT2D eigenvalue weighted by molar-refractivity contribution is -0.139. The highest BCUT2D eigenvalue weighted by molar-refractivity contribution is 5.79. The zero-order valence-electron chi connectivity index (χ0n) is 16.4. The van der Waals surface area contributed by atoms with Crippen LogP contribution >= 0.6 is 0 Å². The number of amides is 1. The van der Waals surface area contributed by atoms with E-state index in [-0.39, 0.29) is 24.5 Å². The van der Waals surface area contributed by atoms with Crippen molar-refractivity contribution in [2.75, 3.05) is 6.61 Å². The molecular formula is C20H27N3O4. The molecule has 0 spiro atoms. The van der Waals surface area contributed by atoms with Gasteiger partial charge in [0.15, 0.2) is 6.61 Å². The molecule has 2 atom stereocenters. The van der Waals surface area contributed by atoms with Crippen LogP contribution in [0.1, 0.15) is 42.4 Å². The highest BCUT2D eigenvalue weighted by atomic mass is 16.5. The van der Waals surface area contributed by atoms with Crippen LogP contribution in [0.15, 0.2) is 24.3 Å².